The van der Waals surface area contributed by atoms with E-state index < -0.39 is 0 Å². The number of aryl methyl sites for hydroxylation is 1. The summed E-state index contributed by atoms with van der Waals surface area (Å²) in [6.07, 6.45) is 4.44. The molecule has 0 saturated carbocycles. The van der Waals surface area contributed by atoms with Gasteiger partial charge in [0.15, 0.2) is 0 Å². The molecule has 3 rings (SSSR count). The summed E-state index contributed by atoms with van der Waals surface area (Å²) in [7, 11) is 0. The van der Waals surface area contributed by atoms with Gasteiger partial charge in [0.1, 0.15) is 0 Å². The molecular formula is C23H29N3O. The highest BCUT2D eigenvalue weighted by Gasteiger charge is 2.16. The maximum atomic E-state index is 11.9. The maximum Gasteiger partial charge on any atom is 0.243 e. The van der Waals surface area contributed by atoms with E-state index in [-0.39, 0.29) is 5.91 Å². The predicted molar refractivity (Wildman–Crippen MR) is 113 cm³/mol. The van der Waals surface area contributed by atoms with Crippen LogP contribution in [-0.2, 0) is 4.79 Å². The van der Waals surface area contributed by atoms with Gasteiger partial charge in [-0.05, 0) is 49.2 Å². The minimum Gasteiger partial charge on any atom is -0.369 e. The second-order valence-electron chi connectivity index (χ2n) is 7.06. The second kappa shape index (κ2) is 9.93. The van der Waals surface area contributed by atoms with Crippen LogP contribution >= 0.6 is 0 Å². The van der Waals surface area contributed by atoms with Crippen LogP contribution in [0.2, 0.25) is 0 Å². The number of nitrogens with one attached hydrogen (secondary N) is 1. The van der Waals surface area contributed by atoms with E-state index in [0.29, 0.717) is 0 Å². The molecule has 0 aromatic heterocycles. The standard InChI is InChI=1S/C23H29N3O/c1-20-7-5-10-22(19-20)26-17-15-25(16-18-26)14-6-13-24-23(27)12-11-21-8-3-2-4-9-21/h2-5,7-12,19H,6,13-18H2,1H3,(H,24,27)/b12-11-. The average Bonchev–Trinajstić information content (AvgIpc) is 2.71. The first-order valence-electron chi connectivity index (χ1n) is 9.76. The zero-order chi connectivity index (χ0) is 18.9. The minimum absolute atomic E-state index is 0.0249. The monoisotopic (exact) mass is 363 g/mol. The number of hydrogen-bond donors (Lipinski definition) is 1. The number of nitrogens with zero attached hydrogens (tertiary/aromatic N) is 2. The summed E-state index contributed by atoms with van der Waals surface area (Å²) in [5.41, 5.74) is 3.68. The smallest absolute Gasteiger partial charge is 0.243 e. The third-order valence-corrected chi connectivity index (χ3v) is 4.92. The van der Waals surface area contributed by atoms with Gasteiger partial charge in [-0.2, -0.15) is 0 Å². The van der Waals surface area contributed by atoms with Crippen molar-refractivity contribution in [2.75, 3.05) is 44.2 Å². The van der Waals surface area contributed by atoms with Gasteiger partial charge in [0, 0.05) is 44.5 Å². The lowest BCUT2D eigenvalue weighted by Gasteiger charge is -2.36. The van der Waals surface area contributed by atoms with E-state index in [1.807, 2.05) is 36.4 Å². The number of anilines is 1. The molecule has 1 amide bonds. The second-order valence-corrected chi connectivity index (χ2v) is 7.06. The Morgan fingerprint density at radius 2 is 1.81 bits per heavy atom. The molecule has 0 radical (unpaired) electrons. The zero-order valence-electron chi connectivity index (χ0n) is 16.1. The van der Waals surface area contributed by atoms with E-state index in [1.54, 1.807) is 6.08 Å². The Morgan fingerprint density at radius 3 is 2.56 bits per heavy atom. The van der Waals surface area contributed by atoms with Crippen LogP contribution in [0.25, 0.3) is 6.08 Å². The first kappa shape index (κ1) is 19.2. The van der Waals surface area contributed by atoms with Crippen molar-refractivity contribution in [3.05, 3.63) is 71.8 Å². The van der Waals surface area contributed by atoms with Crippen LogP contribution in [-0.4, -0.2) is 50.1 Å². The topological polar surface area (TPSA) is 35.6 Å². The van der Waals surface area contributed by atoms with E-state index in [0.717, 1.165) is 51.3 Å². The molecule has 1 aliphatic rings. The zero-order valence-corrected chi connectivity index (χ0v) is 16.1. The van der Waals surface area contributed by atoms with Crippen LogP contribution < -0.4 is 10.2 Å². The van der Waals surface area contributed by atoms with Gasteiger partial charge in [0.25, 0.3) is 0 Å². The van der Waals surface area contributed by atoms with Crippen molar-refractivity contribution in [3.63, 3.8) is 0 Å². The average molecular weight is 364 g/mol. The summed E-state index contributed by atoms with van der Waals surface area (Å²) >= 11 is 0. The molecular weight excluding hydrogens is 334 g/mol. The SMILES string of the molecule is Cc1cccc(N2CCN(CCCNC(=O)/C=C\c3ccccc3)CC2)c1. The van der Waals surface area contributed by atoms with Gasteiger partial charge >= 0.3 is 0 Å². The van der Waals surface area contributed by atoms with Crippen molar-refractivity contribution in [2.24, 2.45) is 0 Å². The molecule has 142 valence electrons. The molecule has 1 N–H and O–H groups in total. The Hall–Kier alpha value is -2.59. The highest BCUT2D eigenvalue weighted by atomic mass is 16.1. The molecule has 0 atom stereocenters. The number of piperazine rings is 1. The summed E-state index contributed by atoms with van der Waals surface area (Å²) < 4.78 is 0. The summed E-state index contributed by atoms with van der Waals surface area (Å²) in [5, 5.41) is 2.97. The third kappa shape index (κ3) is 6.26. The lowest BCUT2D eigenvalue weighted by molar-refractivity contribution is -0.116. The Bertz CT molecular complexity index is 749. The normalized spacial score (nSPS) is 15.2. The predicted octanol–water partition coefficient (Wildman–Crippen LogP) is 3.34. The van der Waals surface area contributed by atoms with Crippen LogP contribution in [0.15, 0.2) is 60.7 Å². The molecule has 4 heteroatoms. The van der Waals surface area contributed by atoms with E-state index in [2.05, 4.69) is 46.3 Å². The fraction of sp³-hybridized carbons (Fsp3) is 0.348. The van der Waals surface area contributed by atoms with Gasteiger partial charge in [0.2, 0.25) is 5.91 Å². The fourth-order valence-corrected chi connectivity index (χ4v) is 3.36. The summed E-state index contributed by atoms with van der Waals surface area (Å²) in [5.74, 6) is -0.0249. The summed E-state index contributed by atoms with van der Waals surface area (Å²) in [4.78, 5) is 16.8. The molecule has 4 nitrogen and oxygen atoms in total. The Labute approximate surface area is 162 Å². The molecule has 0 unspecified atom stereocenters. The van der Waals surface area contributed by atoms with Crippen molar-refractivity contribution >= 4 is 17.7 Å². The van der Waals surface area contributed by atoms with Gasteiger partial charge in [-0.15, -0.1) is 0 Å². The molecule has 1 saturated heterocycles. The van der Waals surface area contributed by atoms with Crippen molar-refractivity contribution in [2.45, 2.75) is 13.3 Å². The van der Waals surface area contributed by atoms with Crippen LogP contribution in [0.4, 0.5) is 5.69 Å². The van der Waals surface area contributed by atoms with E-state index in [1.165, 1.54) is 11.3 Å². The molecule has 2 aromatic rings. The molecule has 0 bridgehead atoms. The summed E-state index contributed by atoms with van der Waals surface area (Å²) in [6.45, 7) is 8.18. The Morgan fingerprint density at radius 1 is 1.04 bits per heavy atom. The first-order chi connectivity index (χ1) is 13.2. The fourth-order valence-electron chi connectivity index (χ4n) is 3.36. The lowest BCUT2D eigenvalue weighted by Crippen LogP contribution is -2.47. The highest BCUT2D eigenvalue weighted by molar-refractivity contribution is 5.91. The van der Waals surface area contributed by atoms with Gasteiger partial charge in [-0.1, -0.05) is 42.5 Å². The number of amides is 1. The minimum atomic E-state index is -0.0249. The van der Waals surface area contributed by atoms with Crippen molar-refractivity contribution in [1.82, 2.24) is 10.2 Å². The quantitative estimate of drug-likeness (QED) is 0.605. The van der Waals surface area contributed by atoms with Crippen LogP contribution in [0.5, 0.6) is 0 Å². The van der Waals surface area contributed by atoms with Gasteiger partial charge < -0.3 is 10.2 Å². The molecule has 1 aliphatic heterocycles. The van der Waals surface area contributed by atoms with Crippen molar-refractivity contribution < 1.29 is 4.79 Å². The number of carbonyl (C=O) groups excluding carboxylic acids is 1. The van der Waals surface area contributed by atoms with E-state index in [4.69, 9.17) is 0 Å². The number of rotatable bonds is 7. The van der Waals surface area contributed by atoms with Crippen LogP contribution in [0, 0.1) is 6.92 Å². The van der Waals surface area contributed by atoms with Gasteiger partial charge in [0.05, 0.1) is 0 Å². The van der Waals surface area contributed by atoms with Crippen LogP contribution in [0.1, 0.15) is 17.5 Å². The number of carbonyl (C=O) groups is 1. The number of hydrogen-bond acceptors (Lipinski definition) is 3. The first-order valence-corrected chi connectivity index (χ1v) is 9.76. The lowest BCUT2D eigenvalue weighted by atomic mass is 10.2. The van der Waals surface area contributed by atoms with Crippen molar-refractivity contribution in [3.8, 4) is 0 Å². The van der Waals surface area contributed by atoms with Crippen molar-refractivity contribution in [1.29, 1.82) is 0 Å². The Balaban J connectivity index is 1.31. The third-order valence-electron chi connectivity index (χ3n) is 4.92. The van der Waals surface area contributed by atoms with Crippen LogP contribution in [0.3, 0.4) is 0 Å². The largest absolute Gasteiger partial charge is 0.369 e. The molecule has 1 heterocycles. The highest BCUT2D eigenvalue weighted by Crippen LogP contribution is 2.17. The Kier molecular flexibility index (Phi) is 7.05. The van der Waals surface area contributed by atoms with Gasteiger partial charge in [-0.3, -0.25) is 9.69 Å². The van der Waals surface area contributed by atoms with Gasteiger partial charge in [-0.25, -0.2) is 0 Å². The molecule has 0 aliphatic carbocycles. The molecule has 27 heavy (non-hydrogen) atoms. The van der Waals surface area contributed by atoms with E-state index in [9.17, 15) is 4.79 Å². The molecule has 0 spiro atoms. The maximum absolute atomic E-state index is 11.9. The number of benzene rings is 2. The molecule has 1 fully saturated rings. The summed E-state index contributed by atoms with van der Waals surface area (Å²) in [6, 6.07) is 18.6. The van der Waals surface area contributed by atoms with E-state index >= 15 is 0 Å². The molecule has 2 aromatic carbocycles.